The molecule has 0 bridgehead atoms. The minimum absolute atomic E-state index is 0.197. The van der Waals surface area contributed by atoms with Gasteiger partial charge in [0.1, 0.15) is 16.7 Å². The highest BCUT2D eigenvalue weighted by atomic mass is 32.2. The van der Waals surface area contributed by atoms with E-state index in [1.54, 1.807) is 0 Å². The molecule has 31 heavy (non-hydrogen) atoms. The Morgan fingerprint density at radius 1 is 1.32 bits per heavy atom. The molecular formula is C18H15F5N4O3S. The summed E-state index contributed by atoms with van der Waals surface area (Å²) in [5.41, 5.74) is -4.42. The molecule has 13 heteroatoms. The maximum atomic E-state index is 14.9. The second-order valence-corrected chi connectivity index (χ2v) is 9.20. The number of pyridine rings is 1. The molecule has 2 heterocycles. The van der Waals surface area contributed by atoms with E-state index in [0.717, 1.165) is 23.9 Å². The van der Waals surface area contributed by atoms with Crippen LogP contribution in [0.3, 0.4) is 0 Å². The van der Waals surface area contributed by atoms with Gasteiger partial charge in [-0.1, -0.05) is 6.42 Å². The van der Waals surface area contributed by atoms with Gasteiger partial charge < -0.3 is 9.88 Å². The number of carbonyl (C=O) groups excluding carboxylic acids is 1. The lowest BCUT2D eigenvalue weighted by Gasteiger charge is -2.42. The first-order chi connectivity index (χ1) is 14.3. The molecule has 7 nitrogen and oxygen atoms in total. The lowest BCUT2D eigenvalue weighted by molar-refractivity contribution is -0.241. The molecule has 1 aliphatic carbocycles. The van der Waals surface area contributed by atoms with Crippen molar-refractivity contribution in [3.05, 3.63) is 41.5 Å². The number of aryl methyl sites for hydroxylation is 1. The number of sulfone groups is 1. The summed E-state index contributed by atoms with van der Waals surface area (Å²) in [5.74, 6) is -5.33. The van der Waals surface area contributed by atoms with Crippen molar-refractivity contribution >= 4 is 21.4 Å². The summed E-state index contributed by atoms with van der Waals surface area (Å²) in [4.78, 5) is 14.8. The van der Waals surface area contributed by atoms with E-state index >= 15 is 0 Å². The molecule has 0 aliphatic heterocycles. The molecule has 1 amide bonds. The summed E-state index contributed by atoms with van der Waals surface area (Å²) in [6.07, 6.45) is -3.64. The van der Waals surface area contributed by atoms with Crippen LogP contribution < -0.4 is 5.32 Å². The molecule has 2 aromatic rings. The molecule has 1 aliphatic rings. The zero-order valence-corrected chi connectivity index (χ0v) is 16.7. The van der Waals surface area contributed by atoms with Gasteiger partial charge in [0.25, 0.3) is 5.91 Å². The molecule has 2 aromatic heterocycles. The fourth-order valence-corrected chi connectivity index (χ4v) is 5.42. The average Bonchev–Trinajstić information content (AvgIpc) is 2.94. The highest BCUT2D eigenvalue weighted by Gasteiger charge is 2.60. The second-order valence-electron chi connectivity index (χ2n) is 7.24. The molecule has 1 saturated carbocycles. The molecule has 0 radical (unpaired) electrons. The van der Waals surface area contributed by atoms with Crippen LogP contribution in [0.5, 0.6) is 0 Å². The van der Waals surface area contributed by atoms with Crippen LogP contribution in [0.25, 0.3) is 0 Å². The van der Waals surface area contributed by atoms with Crippen LogP contribution >= 0.6 is 0 Å². The van der Waals surface area contributed by atoms with Crippen molar-refractivity contribution in [2.45, 2.75) is 30.3 Å². The number of hydrogen-bond donors (Lipinski definition) is 1. The highest BCUT2D eigenvalue weighted by molar-refractivity contribution is 7.91. The van der Waals surface area contributed by atoms with E-state index in [1.807, 2.05) is 5.32 Å². The van der Waals surface area contributed by atoms with Crippen LogP contribution in [-0.4, -0.2) is 35.8 Å². The number of halogens is 5. The number of amides is 1. The first-order valence-electron chi connectivity index (χ1n) is 8.83. The molecule has 0 unspecified atom stereocenters. The molecular weight excluding hydrogens is 447 g/mol. The Morgan fingerprint density at radius 3 is 2.48 bits per heavy atom. The third kappa shape index (κ3) is 3.87. The number of rotatable bonds is 5. The van der Waals surface area contributed by atoms with E-state index in [1.165, 1.54) is 6.07 Å². The molecule has 1 N–H and O–H groups in total. The van der Waals surface area contributed by atoms with Gasteiger partial charge in [0, 0.05) is 19.4 Å². The average molecular weight is 462 g/mol. The Labute approximate surface area is 173 Å². The van der Waals surface area contributed by atoms with Crippen molar-refractivity contribution in [1.29, 1.82) is 5.26 Å². The van der Waals surface area contributed by atoms with E-state index in [9.17, 15) is 35.2 Å². The number of nitrogens with one attached hydrogen (secondary N) is 1. The smallest absolute Gasteiger partial charge is 0.343 e. The number of aromatic nitrogens is 2. The first kappa shape index (κ1) is 22.7. The molecule has 0 atom stereocenters. The maximum Gasteiger partial charge on any atom is 0.395 e. The normalized spacial score (nSPS) is 15.8. The molecule has 3 rings (SSSR count). The van der Waals surface area contributed by atoms with Crippen molar-refractivity contribution in [3.8, 4) is 6.07 Å². The monoisotopic (exact) mass is 462 g/mol. The third-order valence-corrected chi connectivity index (χ3v) is 7.15. The van der Waals surface area contributed by atoms with Gasteiger partial charge in [-0.25, -0.2) is 22.2 Å². The number of carbonyl (C=O) groups is 1. The topological polar surface area (TPSA) is 105 Å². The van der Waals surface area contributed by atoms with Gasteiger partial charge in [0.05, 0.1) is 16.9 Å². The van der Waals surface area contributed by atoms with Crippen LogP contribution in [0.15, 0.2) is 23.4 Å². The Balaban J connectivity index is 1.94. The summed E-state index contributed by atoms with van der Waals surface area (Å²) in [5, 5.41) is 10.8. The molecule has 1 fully saturated rings. The van der Waals surface area contributed by atoms with Crippen molar-refractivity contribution in [1.82, 2.24) is 9.55 Å². The van der Waals surface area contributed by atoms with Crippen molar-refractivity contribution < 1.29 is 35.2 Å². The van der Waals surface area contributed by atoms with Crippen LogP contribution in [-0.2, 0) is 16.9 Å². The second kappa shape index (κ2) is 7.60. The standard InChI is InChI=1S/C18H15F5N4O3S/c1-27-8-12(31(29,30)9-17(4-2-5-17)18(21,22)23)14(20)15(27)16(28)26-10-3-6-25-11(7-24)13(10)19/h3,6,8H,2,4-5,9H2,1H3,(H,25,26,28). The minimum Gasteiger partial charge on any atom is -0.343 e. The summed E-state index contributed by atoms with van der Waals surface area (Å²) >= 11 is 0. The van der Waals surface area contributed by atoms with Gasteiger partial charge in [-0.2, -0.15) is 18.4 Å². The van der Waals surface area contributed by atoms with Gasteiger partial charge in [0.15, 0.2) is 27.2 Å². The predicted octanol–water partition coefficient (Wildman–Crippen LogP) is 3.33. The number of nitriles is 1. The van der Waals surface area contributed by atoms with E-state index in [4.69, 9.17) is 5.26 Å². The molecule has 0 spiro atoms. The Hall–Kier alpha value is -3.01. The lowest BCUT2D eigenvalue weighted by atomic mass is 9.70. The summed E-state index contributed by atoms with van der Waals surface area (Å²) in [7, 11) is -3.63. The number of anilines is 1. The van der Waals surface area contributed by atoms with E-state index in [2.05, 4.69) is 4.98 Å². The molecule has 0 saturated heterocycles. The summed E-state index contributed by atoms with van der Waals surface area (Å²) < 4.78 is 95.1. The highest BCUT2D eigenvalue weighted by Crippen LogP contribution is 2.54. The van der Waals surface area contributed by atoms with Gasteiger partial charge in [0.2, 0.25) is 0 Å². The van der Waals surface area contributed by atoms with Crippen molar-refractivity contribution in [2.75, 3.05) is 11.1 Å². The summed E-state index contributed by atoms with van der Waals surface area (Å²) in [6, 6.07) is 2.45. The van der Waals surface area contributed by atoms with Gasteiger partial charge in [-0.3, -0.25) is 4.79 Å². The Bertz CT molecular complexity index is 1190. The zero-order valence-electron chi connectivity index (χ0n) is 15.9. The SMILES string of the molecule is Cn1cc(S(=O)(=O)CC2(C(F)(F)F)CCC2)c(F)c1C(=O)Nc1ccnc(C#N)c1F. The number of nitrogens with zero attached hydrogens (tertiary/aromatic N) is 3. The van der Waals surface area contributed by atoms with E-state index in [0.29, 0.717) is 6.20 Å². The fourth-order valence-electron chi connectivity index (χ4n) is 3.40. The minimum atomic E-state index is -4.78. The Morgan fingerprint density at radius 2 is 1.97 bits per heavy atom. The first-order valence-corrected chi connectivity index (χ1v) is 10.5. The van der Waals surface area contributed by atoms with E-state index < -0.39 is 66.7 Å². The van der Waals surface area contributed by atoms with Crippen LogP contribution in [0.4, 0.5) is 27.6 Å². The Kier molecular flexibility index (Phi) is 5.56. The molecule has 0 aromatic carbocycles. The molecule has 166 valence electrons. The van der Waals surface area contributed by atoms with E-state index in [-0.39, 0.29) is 19.3 Å². The summed E-state index contributed by atoms with van der Waals surface area (Å²) in [6.45, 7) is 0. The van der Waals surface area contributed by atoms with Gasteiger partial charge >= 0.3 is 6.18 Å². The predicted molar refractivity (Wildman–Crippen MR) is 96.6 cm³/mol. The lowest BCUT2D eigenvalue weighted by Crippen LogP contribution is -2.48. The largest absolute Gasteiger partial charge is 0.395 e. The number of hydrogen-bond acceptors (Lipinski definition) is 5. The van der Waals surface area contributed by atoms with Crippen LogP contribution in [0.1, 0.15) is 35.4 Å². The third-order valence-electron chi connectivity index (χ3n) is 5.26. The number of alkyl halides is 3. The van der Waals surface area contributed by atoms with Crippen molar-refractivity contribution in [2.24, 2.45) is 12.5 Å². The zero-order chi connectivity index (χ0) is 23.2. The fraction of sp³-hybridized carbons (Fsp3) is 0.389. The van der Waals surface area contributed by atoms with Crippen molar-refractivity contribution in [3.63, 3.8) is 0 Å². The van der Waals surface area contributed by atoms with Gasteiger partial charge in [-0.15, -0.1) is 0 Å². The van der Waals surface area contributed by atoms with Gasteiger partial charge in [-0.05, 0) is 18.9 Å². The quantitative estimate of drug-likeness (QED) is 0.687. The maximum absolute atomic E-state index is 14.9. The van der Waals surface area contributed by atoms with Crippen LogP contribution in [0, 0.1) is 28.4 Å². The van der Waals surface area contributed by atoms with Crippen LogP contribution in [0.2, 0.25) is 0 Å².